The number of aromatic nitrogens is 1. The van der Waals surface area contributed by atoms with E-state index in [0.29, 0.717) is 33.8 Å². The summed E-state index contributed by atoms with van der Waals surface area (Å²) in [6.07, 6.45) is 0. The van der Waals surface area contributed by atoms with E-state index in [1.165, 1.54) is 13.2 Å². The van der Waals surface area contributed by atoms with E-state index >= 15 is 0 Å². The van der Waals surface area contributed by atoms with E-state index in [4.69, 9.17) is 4.42 Å². The first-order valence-corrected chi connectivity index (χ1v) is 8.19. The molecule has 0 aliphatic heterocycles. The highest BCUT2D eigenvalue weighted by molar-refractivity contribution is 6.06. The number of nitrogens with one attached hydrogen (secondary N) is 1. The van der Waals surface area contributed by atoms with E-state index in [-0.39, 0.29) is 11.3 Å². The molecule has 0 saturated heterocycles. The van der Waals surface area contributed by atoms with Gasteiger partial charge in [-0.25, -0.2) is 9.78 Å². The number of oxazole rings is 1. The number of methoxy groups -OCH3 is 1. The molecule has 3 rings (SSSR count). The Morgan fingerprint density at radius 3 is 2.50 bits per heavy atom. The second kappa shape index (κ2) is 6.63. The van der Waals surface area contributed by atoms with Gasteiger partial charge in [-0.15, -0.1) is 0 Å². The number of anilines is 1. The number of rotatable bonds is 3. The van der Waals surface area contributed by atoms with E-state index < -0.39 is 5.97 Å². The van der Waals surface area contributed by atoms with Crippen LogP contribution in [0.4, 0.5) is 5.69 Å². The fourth-order valence-corrected chi connectivity index (χ4v) is 2.43. The molecule has 2 aromatic carbocycles. The molecule has 0 radical (unpaired) electrons. The molecule has 26 heavy (non-hydrogen) atoms. The SMILES string of the molecule is COC(=O)c1cccc(C(=O)Nc2ccc3oc(C(C)(C)C)nc3c2)c1. The number of carbonyl (C=O) groups is 2. The van der Waals surface area contributed by atoms with Crippen molar-refractivity contribution in [2.45, 2.75) is 26.2 Å². The number of carbonyl (C=O) groups excluding carboxylic acids is 2. The van der Waals surface area contributed by atoms with Gasteiger partial charge in [-0.2, -0.15) is 0 Å². The third-order valence-electron chi connectivity index (χ3n) is 3.83. The Morgan fingerprint density at radius 1 is 1.08 bits per heavy atom. The van der Waals surface area contributed by atoms with Crippen LogP contribution in [-0.4, -0.2) is 24.0 Å². The molecule has 3 aromatic rings. The molecule has 0 atom stereocenters. The van der Waals surface area contributed by atoms with Gasteiger partial charge in [-0.3, -0.25) is 4.79 Å². The molecule has 1 amide bonds. The number of hydrogen-bond acceptors (Lipinski definition) is 5. The van der Waals surface area contributed by atoms with Gasteiger partial charge in [0.1, 0.15) is 5.52 Å². The maximum absolute atomic E-state index is 12.5. The molecule has 0 saturated carbocycles. The van der Waals surface area contributed by atoms with Crippen LogP contribution in [0.15, 0.2) is 46.9 Å². The minimum atomic E-state index is -0.488. The molecule has 0 fully saturated rings. The lowest BCUT2D eigenvalue weighted by Crippen LogP contribution is -2.13. The van der Waals surface area contributed by atoms with Gasteiger partial charge in [-0.05, 0) is 36.4 Å². The highest BCUT2D eigenvalue weighted by atomic mass is 16.5. The lowest BCUT2D eigenvalue weighted by molar-refractivity contribution is 0.0600. The lowest BCUT2D eigenvalue weighted by Gasteiger charge is -2.11. The number of esters is 1. The standard InChI is InChI=1S/C20H20N2O4/c1-20(2,3)19-22-15-11-14(8-9-16(15)26-19)21-17(23)12-6-5-7-13(10-12)18(24)25-4/h5-11H,1-4H3,(H,21,23). The number of benzene rings is 2. The molecular weight excluding hydrogens is 332 g/mol. The first-order valence-electron chi connectivity index (χ1n) is 8.19. The Bertz CT molecular complexity index is 983. The van der Waals surface area contributed by atoms with Crippen LogP contribution in [0.5, 0.6) is 0 Å². The van der Waals surface area contributed by atoms with Crippen LogP contribution in [0.25, 0.3) is 11.1 Å². The normalized spacial score (nSPS) is 11.4. The Labute approximate surface area is 151 Å². The summed E-state index contributed by atoms with van der Waals surface area (Å²) in [6.45, 7) is 6.07. The zero-order valence-electron chi connectivity index (χ0n) is 15.1. The van der Waals surface area contributed by atoms with Crippen LogP contribution in [0.2, 0.25) is 0 Å². The number of ether oxygens (including phenoxy) is 1. The maximum Gasteiger partial charge on any atom is 0.337 e. The molecule has 0 spiro atoms. The molecule has 0 aliphatic carbocycles. The molecule has 0 unspecified atom stereocenters. The van der Waals surface area contributed by atoms with E-state index in [9.17, 15) is 9.59 Å². The highest BCUT2D eigenvalue weighted by Crippen LogP contribution is 2.27. The summed E-state index contributed by atoms with van der Waals surface area (Å²) < 4.78 is 10.4. The van der Waals surface area contributed by atoms with Crippen molar-refractivity contribution >= 4 is 28.7 Å². The Morgan fingerprint density at radius 2 is 1.81 bits per heavy atom. The third kappa shape index (κ3) is 3.59. The van der Waals surface area contributed by atoms with E-state index in [0.717, 1.165) is 0 Å². The monoisotopic (exact) mass is 352 g/mol. The van der Waals surface area contributed by atoms with Gasteiger partial charge in [0.05, 0.1) is 12.7 Å². The van der Waals surface area contributed by atoms with Gasteiger partial charge in [0.15, 0.2) is 5.58 Å². The highest BCUT2D eigenvalue weighted by Gasteiger charge is 2.21. The third-order valence-corrected chi connectivity index (χ3v) is 3.83. The van der Waals surface area contributed by atoms with Crippen LogP contribution in [0.1, 0.15) is 47.4 Å². The van der Waals surface area contributed by atoms with Crippen molar-refractivity contribution in [3.63, 3.8) is 0 Å². The van der Waals surface area contributed by atoms with Crippen molar-refractivity contribution in [1.29, 1.82) is 0 Å². The van der Waals surface area contributed by atoms with Crippen LogP contribution in [0.3, 0.4) is 0 Å². The predicted molar refractivity (Wildman–Crippen MR) is 98.4 cm³/mol. The Hall–Kier alpha value is -3.15. The summed E-state index contributed by atoms with van der Waals surface area (Å²) in [5.74, 6) is -0.172. The van der Waals surface area contributed by atoms with Gasteiger partial charge in [-0.1, -0.05) is 26.8 Å². The van der Waals surface area contributed by atoms with Crippen molar-refractivity contribution in [2.24, 2.45) is 0 Å². The summed E-state index contributed by atoms with van der Waals surface area (Å²) in [5.41, 5.74) is 2.43. The van der Waals surface area contributed by atoms with Crippen LogP contribution < -0.4 is 5.32 Å². The molecular formula is C20H20N2O4. The number of amides is 1. The van der Waals surface area contributed by atoms with Crippen molar-refractivity contribution in [3.8, 4) is 0 Å². The number of fused-ring (bicyclic) bond motifs is 1. The van der Waals surface area contributed by atoms with Crippen molar-refractivity contribution in [3.05, 3.63) is 59.5 Å². The van der Waals surface area contributed by atoms with E-state index in [1.807, 2.05) is 20.8 Å². The summed E-state index contributed by atoms with van der Waals surface area (Å²) in [6, 6.07) is 11.6. The minimum Gasteiger partial charge on any atom is -0.465 e. The molecule has 6 heteroatoms. The van der Waals surface area contributed by atoms with Crippen molar-refractivity contribution in [1.82, 2.24) is 4.98 Å². The van der Waals surface area contributed by atoms with Crippen molar-refractivity contribution < 1.29 is 18.7 Å². The smallest absolute Gasteiger partial charge is 0.337 e. The van der Waals surface area contributed by atoms with E-state index in [2.05, 4.69) is 15.0 Å². The maximum atomic E-state index is 12.5. The Balaban J connectivity index is 1.84. The second-order valence-corrected chi connectivity index (χ2v) is 6.98. The summed E-state index contributed by atoms with van der Waals surface area (Å²) >= 11 is 0. The quantitative estimate of drug-likeness (QED) is 0.716. The van der Waals surface area contributed by atoms with Gasteiger partial charge in [0.2, 0.25) is 5.89 Å². The first kappa shape index (κ1) is 17.7. The van der Waals surface area contributed by atoms with Gasteiger partial charge >= 0.3 is 5.97 Å². The van der Waals surface area contributed by atoms with Crippen LogP contribution in [-0.2, 0) is 10.2 Å². The summed E-state index contributed by atoms with van der Waals surface area (Å²) in [5, 5.41) is 2.81. The zero-order valence-corrected chi connectivity index (χ0v) is 15.1. The molecule has 0 bridgehead atoms. The minimum absolute atomic E-state index is 0.198. The summed E-state index contributed by atoms with van der Waals surface area (Å²) in [7, 11) is 1.30. The molecule has 1 heterocycles. The van der Waals surface area contributed by atoms with Crippen molar-refractivity contribution in [2.75, 3.05) is 12.4 Å². The Kier molecular flexibility index (Phi) is 4.50. The van der Waals surface area contributed by atoms with Crippen LogP contribution >= 0.6 is 0 Å². The fraction of sp³-hybridized carbons (Fsp3) is 0.250. The van der Waals surface area contributed by atoms with E-state index in [1.54, 1.807) is 36.4 Å². The first-order chi connectivity index (χ1) is 12.3. The molecule has 1 N–H and O–H groups in total. The zero-order chi connectivity index (χ0) is 18.9. The van der Waals surface area contributed by atoms with Gasteiger partial charge in [0, 0.05) is 16.7 Å². The predicted octanol–water partition coefficient (Wildman–Crippen LogP) is 4.16. The largest absolute Gasteiger partial charge is 0.465 e. The molecule has 0 aliphatic rings. The number of nitrogens with zero attached hydrogens (tertiary/aromatic N) is 1. The number of hydrogen-bond donors (Lipinski definition) is 1. The topological polar surface area (TPSA) is 81.4 Å². The second-order valence-electron chi connectivity index (χ2n) is 6.98. The van der Waals surface area contributed by atoms with Gasteiger partial charge < -0.3 is 14.5 Å². The molecule has 6 nitrogen and oxygen atoms in total. The average molecular weight is 352 g/mol. The lowest BCUT2D eigenvalue weighted by atomic mass is 9.97. The van der Waals surface area contributed by atoms with Crippen LogP contribution in [0, 0.1) is 0 Å². The van der Waals surface area contributed by atoms with Gasteiger partial charge in [0.25, 0.3) is 5.91 Å². The average Bonchev–Trinajstić information content (AvgIpc) is 3.05. The summed E-state index contributed by atoms with van der Waals surface area (Å²) in [4.78, 5) is 28.6. The molecule has 1 aromatic heterocycles. The molecule has 134 valence electrons. The fourth-order valence-electron chi connectivity index (χ4n) is 2.43.